The van der Waals surface area contributed by atoms with Gasteiger partial charge in [0.2, 0.25) is 0 Å². The molecule has 2 heterocycles. The van der Waals surface area contributed by atoms with E-state index in [4.69, 9.17) is 0 Å². The molecule has 4 heteroatoms. The van der Waals surface area contributed by atoms with Gasteiger partial charge in [0.05, 0.1) is 23.8 Å². The molecule has 4 nitrogen and oxygen atoms in total. The average Bonchev–Trinajstić information content (AvgIpc) is 2.52. The van der Waals surface area contributed by atoms with Crippen LogP contribution in [0.2, 0.25) is 0 Å². The second-order valence-electron chi connectivity index (χ2n) is 2.51. The first-order valence-electron chi connectivity index (χ1n) is 4.41. The average molecular weight is 178 g/mol. The smallest absolute Gasteiger partial charge is 0.218 e. The Morgan fingerprint density at radius 1 is 1.08 bits per heavy atom. The standard InChI is InChI=1S/C7H8N4.C2H6/c1-5-3-8-7-9-4-6(2)11(7)10-5;1-2/h3-4H,1-2H3;1-2H3. The van der Waals surface area contributed by atoms with E-state index >= 15 is 0 Å². The van der Waals surface area contributed by atoms with Crippen molar-refractivity contribution in [3.63, 3.8) is 0 Å². The minimum atomic E-state index is 0.660. The number of aromatic nitrogens is 4. The Morgan fingerprint density at radius 2 is 1.69 bits per heavy atom. The fourth-order valence-electron chi connectivity index (χ4n) is 0.965. The van der Waals surface area contributed by atoms with Gasteiger partial charge in [-0.15, -0.1) is 0 Å². The minimum absolute atomic E-state index is 0.660. The van der Waals surface area contributed by atoms with E-state index in [1.54, 1.807) is 16.9 Å². The van der Waals surface area contributed by atoms with Crippen LogP contribution in [0.3, 0.4) is 0 Å². The van der Waals surface area contributed by atoms with Crippen LogP contribution in [0.1, 0.15) is 25.2 Å². The van der Waals surface area contributed by atoms with E-state index in [1.807, 2.05) is 27.7 Å². The fourth-order valence-corrected chi connectivity index (χ4v) is 0.965. The van der Waals surface area contributed by atoms with Gasteiger partial charge in [-0.25, -0.2) is 14.5 Å². The van der Waals surface area contributed by atoms with Gasteiger partial charge in [-0.3, -0.25) is 0 Å². The maximum atomic E-state index is 4.23. The molecular formula is C9H14N4. The van der Waals surface area contributed by atoms with Crippen LogP contribution >= 0.6 is 0 Å². The molecule has 0 aromatic carbocycles. The summed E-state index contributed by atoms with van der Waals surface area (Å²) < 4.78 is 1.73. The summed E-state index contributed by atoms with van der Waals surface area (Å²) in [5.41, 5.74) is 1.91. The Hall–Kier alpha value is -1.45. The first kappa shape index (κ1) is 9.64. The molecule has 0 bridgehead atoms. The second kappa shape index (κ2) is 3.98. The zero-order valence-electron chi connectivity index (χ0n) is 8.44. The van der Waals surface area contributed by atoms with Crippen molar-refractivity contribution in [2.24, 2.45) is 0 Å². The SMILES string of the molecule is CC.Cc1cnc2ncc(C)n2n1. The van der Waals surface area contributed by atoms with Gasteiger partial charge in [-0.05, 0) is 13.8 Å². The molecule has 0 spiro atoms. The van der Waals surface area contributed by atoms with E-state index < -0.39 is 0 Å². The lowest BCUT2D eigenvalue weighted by atomic mass is 10.5. The predicted octanol–water partition coefficient (Wildman–Crippen LogP) is 1.77. The van der Waals surface area contributed by atoms with Gasteiger partial charge in [0.15, 0.2) is 0 Å². The highest BCUT2D eigenvalue weighted by Gasteiger charge is 1.99. The molecule has 70 valence electrons. The maximum Gasteiger partial charge on any atom is 0.250 e. The van der Waals surface area contributed by atoms with E-state index in [-0.39, 0.29) is 0 Å². The summed E-state index contributed by atoms with van der Waals surface area (Å²) in [6.45, 7) is 7.86. The summed E-state index contributed by atoms with van der Waals surface area (Å²) >= 11 is 0. The molecule has 2 aromatic rings. The summed E-state index contributed by atoms with van der Waals surface area (Å²) in [5.74, 6) is 0.660. The molecule has 0 aliphatic rings. The predicted molar refractivity (Wildman–Crippen MR) is 51.6 cm³/mol. The van der Waals surface area contributed by atoms with E-state index in [0.29, 0.717) is 5.78 Å². The van der Waals surface area contributed by atoms with Gasteiger partial charge in [-0.1, -0.05) is 13.8 Å². The largest absolute Gasteiger partial charge is 0.250 e. The molecule has 0 fully saturated rings. The molecule has 2 rings (SSSR count). The molecule has 0 radical (unpaired) electrons. The maximum absolute atomic E-state index is 4.23. The Balaban J connectivity index is 0.000000396. The Kier molecular flexibility index (Phi) is 2.95. The van der Waals surface area contributed by atoms with Crippen LogP contribution in [0.25, 0.3) is 5.78 Å². The summed E-state index contributed by atoms with van der Waals surface area (Å²) in [7, 11) is 0. The van der Waals surface area contributed by atoms with Crippen molar-refractivity contribution in [2.45, 2.75) is 27.7 Å². The van der Waals surface area contributed by atoms with E-state index in [1.165, 1.54) is 0 Å². The lowest BCUT2D eigenvalue weighted by molar-refractivity contribution is 0.843. The van der Waals surface area contributed by atoms with Crippen LogP contribution < -0.4 is 0 Å². The number of hydrogen-bond acceptors (Lipinski definition) is 3. The molecule has 0 amide bonds. The number of hydrogen-bond donors (Lipinski definition) is 0. The van der Waals surface area contributed by atoms with Crippen molar-refractivity contribution in [3.8, 4) is 0 Å². The highest BCUT2D eigenvalue weighted by Crippen LogP contribution is 1.99. The van der Waals surface area contributed by atoms with Gasteiger partial charge < -0.3 is 0 Å². The van der Waals surface area contributed by atoms with E-state index in [9.17, 15) is 0 Å². The van der Waals surface area contributed by atoms with Crippen LogP contribution in [0.4, 0.5) is 0 Å². The van der Waals surface area contributed by atoms with Gasteiger partial charge in [0.25, 0.3) is 5.78 Å². The number of rotatable bonds is 0. The second-order valence-corrected chi connectivity index (χ2v) is 2.51. The van der Waals surface area contributed by atoms with Crippen LogP contribution in [-0.2, 0) is 0 Å². The highest BCUT2D eigenvalue weighted by molar-refractivity contribution is 5.27. The third-order valence-corrected chi connectivity index (χ3v) is 1.51. The van der Waals surface area contributed by atoms with Gasteiger partial charge >= 0.3 is 0 Å². The van der Waals surface area contributed by atoms with E-state index in [0.717, 1.165) is 11.4 Å². The molecule has 0 aliphatic carbocycles. The summed E-state index contributed by atoms with van der Waals surface area (Å²) in [5, 5.41) is 4.23. The normalized spacial score (nSPS) is 9.54. The lowest BCUT2D eigenvalue weighted by Gasteiger charge is -1.94. The minimum Gasteiger partial charge on any atom is -0.218 e. The van der Waals surface area contributed by atoms with Crippen LogP contribution in [-0.4, -0.2) is 19.6 Å². The molecule has 13 heavy (non-hydrogen) atoms. The van der Waals surface area contributed by atoms with Crippen molar-refractivity contribution in [1.82, 2.24) is 19.6 Å². The lowest BCUT2D eigenvalue weighted by Crippen LogP contribution is -1.97. The molecule has 0 saturated carbocycles. The Morgan fingerprint density at radius 3 is 2.38 bits per heavy atom. The molecule has 0 aliphatic heterocycles. The van der Waals surface area contributed by atoms with Crippen LogP contribution in [0, 0.1) is 13.8 Å². The van der Waals surface area contributed by atoms with Crippen molar-refractivity contribution in [3.05, 3.63) is 23.8 Å². The molecular weight excluding hydrogens is 164 g/mol. The summed E-state index contributed by atoms with van der Waals surface area (Å²) in [6, 6.07) is 0. The number of imidazole rings is 1. The van der Waals surface area contributed by atoms with E-state index in [2.05, 4.69) is 15.1 Å². The Labute approximate surface area is 77.6 Å². The van der Waals surface area contributed by atoms with Gasteiger partial charge in [0.1, 0.15) is 0 Å². The third kappa shape index (κ3) is 1.83. The summed E-state index contributed by atoms with van der Waals surface area (Å²) in [4.78, 5) is 8.14. The van der Waals surface area contributed by atoms with Gasteiger partial charge in [-0.2, -0.15) is 5.10 Å². The topological polar surface area (TPSA) is 43.1 Å². The monoisotopic (exact) mass is 178 g/mol. The highest BCUT2D eigenvalue weighted by atomic mass is 15.3. The third-order valence-electron chi connectivity index (χ3n) is 1.51. The zero-order chi connectivity index (χ0) is 9.84. The molecule has 0 saturated heterocycles. The summed E-state index contributed by atoms with van der Waals surface area (Å²) in [6.07, 6.45) is 3.47. The van der Waals surface area contributed by atoms with Crippen LogP contribution in [0.5, 0.6) is 0 Å². The van der Waals surface area contributed by atoms with Crippen molar-refractivity contribution < 1.29 is 0 Å². The van der Waals surface area contributed by atoms with Crippen molar-refractivity contribution in [1.29, 1.82) is 0 Å². The molecule has 0 N–H and O–H groups in total. The number of aryl methyl sites for hydroxylation is 2. The van der Waals surface area contributed by atoms with Gasteiger partial charge in [0, 0.05) is 0 Å². The quantitative estimate of drug-likeness (QED) is 0.617. The molecule has 0 atom stereocenters. The van der Waals surface area contributed by atoms with Crippen LogP contribution in [0.15, 0.2) is 12.4 Å². The fraction of sp³-hybridized carbons (Fsp3) is 0.444. The molecule has 0 unspecified atom stereocenters. The Bertz CT molecular complexity index is 391. The first-order valence-corrected chi connectivity index (χ1v) is 4.41. The van der Waals surface area contributed by atoms with Crippen molar-refractivity contribution in [2.75, 3.05) is 0 Å². The number of nitrogens with zero attached hydrogens (tertiary/aromatic N) is 4. The first-order chi connectivity index (χ1) is 6.27. The molecule has 2 aromatic heterocycles. The van der Waals surface area contributed by atoms with Crippen molar-refractivity contribution >= 4 is 5.78 Å². The number of fused-ring (bicyclic) bond motifs is 1. The zero-order valence-corrected chi connectivity index (χ0v) is 8.44.